The third-order valence-electron chi connectivity index (χ3n) is 4.56. The van der Waals surface area contributed by atoms with Crippen molar-refractivity contribution in [3.05, 3.63) is 11.6 Å². The predicted octanol–water partition coefficient (Wildman–Crippen LogP) is 3.67. The number of aliphatic hydroxyl groups is 1. The Morgan fingerprint density at radius 1 is 1.33 bits per heavy atom. The normalized spacial score (nSPS) is 37.1. The third-order valence-corrected chi connectivity index (χ3v) is 4.56. The molecule has 0 heterocycles. The molecule has 0 aliphatic heterocycles. The van der Waals surface area contributed by atoms with Crippen LogP contribution >= 0.6 is 0 Å². The van der Waals surface area contributed by atoms with E-state index in [1.165, 1.54) is 37.7 Å². The van der Waals surface area contributed by atoms with E-state index in [4.69, 9.17) is 0 Å². The first-order chi connectivity index (χ1) is 6.92. The molecule has 1 heteroatoms. The standard InChI is InChI=1S/C14H24O/c1-13(2,15)11-7-9-14(3)8-5-4-6-12(14)10-11/h10,12,15H,4-9H2,1-3H3/t12-,14+/m1/s1. The van der Waals surface area contributed by atoms with Gasteiger partial charge in [-0.1, -0.05) is 25.8 Å². The summed E-state index contributed by atoms with van der Waals surface area (Å²) in [5, 5.41) is 10.0. The molecule has 86 valence electrons. The molecule has 0 bridgehead atoms. The van der Waals surface area contributed by atoms with Gasteiger partial charge in [0.2, 0.25) is 0 Å². The molecule has 2 rings (SSSR count). The molecule has 0 aromatic rings. The summed E-state index contributed by atoms with van der Waals surface area (Å²) in [6.07, 6.45) is 10.2. The lowest BCUT2D eigenvalue weighted by Gasteiger charge is -2.45. The number of hydrogen-bond acceptors (Lipinski definition) is 1. The second-order valence-corrected chi connectivity index (χ2v) is 6.26. The zero-order valence-electron chi connectivity index (χ0n) is 10.3. The van der Waals surface area contributed by atoms with E-state index < -0.39 is 5.60 Å². The first kappa shape index (κ1) is 11.2. The Labute approximate surface area is 93.6 Å². The van der Waals surface area contributed by atoms with Gasteiger partial charge in [-0.3, -0.25) is 0 Å². The average Bonchev–Trinajstić information content (AvgIpc) is 2.14. The maximum absolute atomic E-state index is 10.0. The minimum absolute atomic E-state index is 0.535. The minimum Gasteiger partial charge on any atom is -0.386 e. The van der Waals surface area contributed by atoms with Crippen molar-refractivity contribution in [2.75, 3.05) is 0 Å². The molecule has 2 aliphatic carbocycles. The fourth-order valence-electron chi connectivity index (χ4n) is 3.28. The molecule has 0 aromatic carbocycles. The molecule has 0 radical (unpaired) electrons. The molecule has 15 heavy (non-hydrogen) atoms. The highest BCUT2D eigenvalue weighted by atomic mass is 16.3. The Bertz CT molecular complexity index is 272. The Morgan fingerprint density at radius 3 is 2.73 bits per heavy atom. The van der Waals surface area contributed by atoms with Crippen LogP contribution in [0.2, 0.25) is 0 Å². The van der Waals surface area contributed by atoms with Gasteiger partial charge in [0.15, 0.2) is 0 Å². The maximum atomic E-state index is 10.0. The van der Waals surface area contributed by atoms with Crippen LogP contribution in [0.25, 0.3) is 0 Å². The van der Waals surface area contributed by atoms with Crippen LogP contribution in [0.5, 0.6) is 0 Å². The van der Waals surface area contributed by atoms with Gasteiger partial charge < -0.3 is 5.11 Å². The molecule has 1 nitrogen and oxygen atoms in total. The molecule has 2 atom stereocenters. The van der Waals surface area contributed by atoms with Gasteiger partial charge in [0.05, 0.1) is 5.60 Å². The summed E-state index contributed by atoms with van der Waals surface area (Å²) in [7, 11) is 0. The van der Waals surface area contributed by atoms with Crippen LogP contribution in [-0.2, 0) is 0 Å². The van der Waals surface area contributed by atoms with Crippen LogP contribution in [0.4, 0.5) is 0 Å². The minimum atomic E-state index is -0.598. The fraction of sp³-hybridized carbons (Fsp3) is 0.857. The van der Waals surface area contributed by atoms with Gasteiger partial charge >= 0.3 is 0 Å². The van der Waals surface area contributed by atoms with Crippen molar-refractivity contribution in [3.8, 4) is 0 Å². The molecule has 0 unspecified atom stereocenters. The predicted molar refractivity (Wildman–Crippen MR) is 63.7 cm³/mol. The highest BCUT2D eigenvalue weighted by Crippen LogP contribution is 2.50. The highest BCUT2D eigenvalue weighted by molar-refractivity contribution is 5.20. The second-order valence-electron chi connectivity index (χ2n) is 6.26. The summed E-state index contributed by atoms with van der Waals surface area (Å²) in [6, 6.07) is 0. The van der Waals surface area contributed by atoms with E-state index in [1.807, 2.05) is 13.8 Å². The van der Waals surface area contributed by atoms with Gasteiger partial charge in [-0.15, -0.1) is 0 Å². The molecule has 1 fully saturated rings. The number of fused-ring (bicyclic) bond motifs is 1. The third kappa shape index (κ3) is 2.13. The van der Waals surface area contributed by atoms with Gasteiger partial charge in [-0.05, 0) is 56.4 Å². The Kier molecular flexibility index (Phi) is 2.70. The van der Waals surface area contributed by atoms with Crippen molar-refractivity contribution >= 4 is 0 Å². The van der Waals surface area contributed by atoms with Gasteiger partial charge in [0.1, 0.15) is 0 Å². The number of allylic oxidation sites excluding steroid dienone is 1. The zero-order valence-corrected chi connectivity index (χ0v) is 10.3. The monoisotopic (exact) mass is 208 g/mol. The van der Waals surface area contributed by atoms with Crippen molar-refractivity contribution in [1.29, 1.82) is 0 Å². The van der Waals surface area contributed by atoms with Crippen molar-refractivity contribution < 1.29 is 5.11 Å². The second kappa shape index (κ2) is 3.62. The lowest BCUT2D eigenvalue weighted by atomic mass is 9.61. The largest absolute Gasteiger partial charge is 0.386 e. The molecule has 1 saturated carbocycles. The van der Waals surface area contributed by atoms with Gasteiger partial charge in [0.25, 0.3) is 0 Å². The first-order valence-electron chi connectivity index (χ1n) is 6.35. The highest BCUT2D eigenvalue weighted by Gasteiger charge is 2.39. The van der Waals surface area contributed by atoms with Crippen LogP contribution < -0.4 is 0 Å². The van der Waals surface area contributed by atoms with E-state index in [9.17, 15) is 5.11 Å². The molecule has 0 spiro atoms. The topological polar surface area (TPSA) is 20.2 Å². The van der Waals surface area contributed by atoms with E-state index in [2.05, 4.69) is 13.0 Å². The Hall–Kier alpha value is -0.300. The summed E-state index contributed by atoms with van der Waals surface area (Å²) in [5.74, 6) is 0.724. The summed E-state index contributed by atoms with van der Waals surface area (Å²) in [5.41, 5.74) is 1.21. The maximum Gasteiger partial charge on any atom is 0.0800 e. The number of hydrogen-bond donors (Lipinski definition) is 1. The van der Waals surface area contributed by atoms with Gasteiger partial charge in [-0.25, -0.2) is 0 Å². The Balaban J connectivity index is 2.21. The van der Waals surface area contributed by atoms with E-state index in [-0.39, 0.29) is 0 Å². The van der Waals surface area contributed by atoms with Crippen molar-refractivity contribution in [2.45, 2.75) is 64.9 Å². The lowest BCUT2D eigenvalue weighted by molar-refractivity contribution is 0.0837. The van der Waals surface area contributed by atoms with Gasteiger partial charge in [0, 0.05) is 0 Å². The van der Waals surface area contributed by atoms with Crippen LogP contribution in [0.1, 0.15) is 59.3 Å². The lowest BCUT2D eigenvalue weighted by Crippen LogP contribution is -2.36. The van der Waals surface area contributed by atoms with E-state index in [0.717, 1.165) is 12.3 Å². The molecule has 1 N–H and O–H groups in total. The van der Waals surface area contributed by atoms with E-state index in [0.29, 0.717) is 5.41 Å². The summed E-state index contributed by atoms with van der Waals surface area (Å²) in [4.78, 5) is 0. The van der Waals surface area contributed by atoms with Crippen LogP contribution in [0.3, 0.4) is 0 Å². The zero-order chi connectivity index (χ0) is 11.1. The van der Waals surface area contributed by atoms with Crippen molar-refractivity contribution in [2.24, 2.45) is 11.3 Å². The van der Waals surface area contributed by atoms with Crippen molar-refractivity contribution in [3.63, 3.8) is 0 Å². The van der Waals surface area contributed by atoms with Crippen molar-refractivity contribution in [1.82, 2.24) is 0 Å². The van der Waals surface area contributed by atoms with Crippen LogP contribution in [0.15, 0.2) is 11.6 Å². The summed E-state index contributed by atoms with van der Waals surface area (Å²) < 4.78 is 0. The summed E-state index contributed by atoms with van der Waals surface area (Å²) in [6.45, 7) is 6.28. The first-order valence-corrected chi connectivity index (χ1v) is 6.35. The fourth-order valence-corrected chi connectivity index (χ4v) is 3.28. The molecular weight excluding hydrogens is 184 g/mol. The molecular formula is C14H24O. The molecule has 0 amide bonds. The molecule has 0 saturated heterocycles. The smallest absolute Gasteiger partial charge is 0.0800 e. The summed E-state index contributed by atoms with van der Waals surface area (Å²) >= 11 is 0. The molecule has 2 aliphatic rings. The number of rotatable bonds is 1. The Morgan fingerprint density at radius 2 is 2.07 bits per heavy atom. The van der Waals surface area contributed by atoms with Gasteiger partial charge in [-0.2, -0.15) is 0 Å². The van der Waals surface area contributed by atoms with Crippen LogP contribution in [-0.4, -0.2) is 10.7 Å². The molecule has 0 aromatic heterocycles. The van der Waals surface area contributed by atoms with Crippen LogP contribution in [0, 0.1) is 11.3 Å². The quantitative estimate of drug-likeness (QED) is 0.652. The van der Waals surface area contributed by atoms with E-state index >= 15 is 0 Å². The van der Waals surface area contributed by atoms with E-state index in [1.54, 1.807) is 0 Å². The SMILES string of the molecule is CC(C)(O)C1=C[C@H]2CCCC[C@@]2(C)CC1. The average molecular weight is 208 g/mol.